The molecule has 19 heavy (non-hydrogen) atoms. The van der Waals surface area contributed by atoms with Gasteiger partial charge < -0.3 is 11.1 Å². The summed E-state index contributed by atoms with van der Waals surface area (Å²) in [5, 5.41) is 2.89. The SMILES string of the molecule is Cc1nccc(CNC(=O)C(CN)CC(C)(C)C)n1. The molecule has 1 unspecified atom stereocenters. The van der Waals surface area contributed by atoms with Crippen LogP contribution in [0.2, 0.25) is 0 Å². The minimum atomic E-state index is -0.150. The largest absolute Gasteiger partial charge is 0.350 e. The molecular weight excluding hydrogens is 240 g/mol. The molecule has 1 heterocycles. The zero-order chi connectivity index (χ0) is 14.5. The van der Waals surface area contributed by atoms with Crippen molar-refractivity contribution in [3.05, 3.63) is 23.8 Å². The molecule has 1 amide bonds. The first-order valence-electron chi connectivity index (χ1n) is 6.58. The van der Waals surface area contributed by atoms with Gasteiger partial charge in [0.15, 0.2) is 0 Å². The summed E-state index contributed by atoms with van der Waals surface area (Å²) in [7, 11) is 0. The third-order valence-corrected chi connectivity index (χ3v) is 2.79. The molecule has 0 saturated carbocycles. The highest BCUT2D eigenvalue weighted by Gasteiger charge is 2.23. The Morgan fingerprint density at radius 3 is 2.68 bits per heavy atom. The summed E-state index contributed by atoms with van der Waals surface area (Å²) in [6, 6.07) is 1.80. The molecule has 0 saturated heterocycles. The molecule has 0 fully saturated rings. The number of aromatic nitrogens is 2. The van der Waals surface area contributed by atoms with E-state index in [0.717, 1.165) is 12.1 Å². The fraction of sp³-hybridized carbons (Fsp3) is 0.643. The van der Waals surface area contributed by atoms with E-state index in [1.807, 2.05) is 6.92 Å². The molecular formula is C14H24N4O. The van der Waals surface area contributed by atoms with Crippen LogP contribution in [0.15, 0.2) is 12.3 Å². The van der Waals surface area contributed by atoms with Crippen molar-refractivity contribution >= 4 is 5.91 Å². The number of hydrogen-bond acceptors (Lipinski definition) is 4. The summed E-state index contributed by atoms with van der Waals surface area (Å²) >= 11 is 0. The zero-order valence-electron chi connectivity index (χ0n) is 12.2. The van der Waals surface area contributed by atoms with Crippen molar-refractivity contribution in [3.63, 3.8) is 0 Å². The van der Waals surface area contributed by atoms with Gasteiger partial charge in [0.25, 0.3) is 0 Å². The third kappa shape index (κ3) is 5.79. The maximum absolute atomic E-state index is 12.1. The first-order chi connectivity index (χ1) is 8.81. The normalized spacial score (nSPS) is 13.1. The molecule has 1 aromatic rings. The molecule has 5 nitrogen and oxygen atoms in total. The maximum atomic E-state index is 12.1. The van der Waals surface area contributed by atoms with Crippen molar-refractivity contribution < 1.29 is 4.79 Å². The van der Waals surface area contributed by atoms with E-state index in [9.17, 15) is 4.79 Å². The van der Waals surface area contributed by atoms with Crippen molar-refractivity contribution in [1.29, 1.82) is 0 Å². The molecule has 0 aliphatic heterocycles. The molecule has 1 atom stereocenters. The van der Waals surface area contributed by atoms with Crippen LogP contribution in [0.4, 0.5) is 0 Å². The highest BCUT2D eigenvalue weighted by atomic mass is 16.1. The zero-order valence-corrected chi connectivity index (χ0v) is 12.2. The highest BCUT2D eigenvalue weighted by molar-refractivity contribution is 5.78. The summed E-state index contributed by atoms with van der Waals surface area (Å²) in [4.78, 5) is 20.3. The summed E-state index contributed by atoms with van der Waals surface area (Å²) in [6.07, 6.45) is 2.47. The van der Waals surface area contributed by atoms with Crippen LogP contribution in [0, 0.1) is 18.3 Å². The van der Waals surface area contributed by atoms with E-state index >= 15 is 0 Å². The van der Waals surface area contributed by atoms with Crippen LogP contribution in [-0.2, 0) is 11.3 Å². The van der Waals surface area contributed by atoms with Gasteiger partial charge in [-0.25, -0.2) is 9.97 Å². The lowest BCUT2D eigenvalue weighted by Gasteiger charge is -2.24. The van der Waals surface area contributed by atoms with Crippen molar-refractivity contribution in [2.75, 3.05) is 6.54 Å². The van der Waals surface area contributed by atoms with Gasteiger partial charge in [0.2, 0.25) is 5.91 Å². The average molecular weight is 264 g/mol. The number of nitrogens with zero attached hydrogens (tertiary/aromatic N) is 2. The van der Waals surface area contributed by atoms with Crippen LogP contribution in [0.3, 0.4) is 0 Å². The molecule has 0 aliphatic carbocycles. The van der Waals surface area contributed by atoms with Crippen molar-refractivity contribution in [2.45, 2.75) is 40.7 Å². The predicted octanol–water partition coefficient (Wildman–Crippen LogP) is 1.41. The second-order valence-corrected chi connectivity index (χ2v) is 6.01. The quantitative estimate of drug-likeness (QED) is 0.842. The van der Waals surface area contributed by atoms with Gasteiger partial charge in [-0.15, -0.1) is 0 Å². The smallest absolute Gasteiger partial charge is 0.224 e. The lowest BCUT2D eigenvalue weighted by molar-refractivity contribution is -0.125. The summed E-state index contributed by atoms with van der Waals surface area (Å²) < 4.78 is 0. The van der Waals surface area contributed by atoms with Gasteiger partial charge in [-0.1, -0.05) is 20.8 Å². The van der Waals surface area contributed by atoms with Crippen LogP contribution in [0.5, 0.6) is 0 Å². The number of carbonyl (C=O) groups excluding carboxylic acids is 1. The summed E-state index contributed by atoms with van der Waals surface area (Å²) in [5.41, 5.74) is 6.59. The van der Waals surface area contributed by atoms with Gasteiger partial charge in [-0.3, -0.25) is 4.79 Å². The Morgan fingerprint density at radius 1 is 1.47 bits per heavy atom. The second kappa shape index (κ2) is 6.61. The number of aryl methyl sites for hydroxylation is 1. The fourth-order valence-electron chi connectivity index (χ4n) is 1.95. The Bertz CT molecular complexity index is 426. The van der Waals surface area contributed by atoms with Gasteiger partial charge in [-0.2, -0.15) is 0 Å². The molecule has 1 aromatic heterocycles. The van der Waals surface area contributed by atoms with E-state index in [1.165, 1.54) is 0 Å². The van der Waals surface area contributed by atoms with Crippen LogP contribution in [0.1, 0.15) is 38.7 Å². The molecule has 0 bridgehead atoms. The Morgan fingerprint density at radius 2 is 2.16 bits per heavy atom. The van der Waals surface area contributed by atoms with Crippen LogP contribution in [0.25, 0.3) is 0 Å². The first-order valence-corrected chi connectivity index (χ1v) is 6.58. The van der Waals surface area contributed by atoms with Crippen molar-refractivity contribution in [1.82, 2.24) is 15.3 Å². The van der Waals surface area contributed by atoms with Gasteiger partial charge in [0.05, 0.1) is 18.2 Å². The first kappa shape index (κ1) is 15.6. The Labute approximate surface area is 115 Å². The van der Waals surface area contributed by atoms with Crippen LogP contribution >= 0.6 is 0 Å². The highest BCUT2D eigenvalue weighted by Crippen LogP contribution is 2.23. The molecule has 0 aromatic carbocycles. The Kier molecular flexibility index (Phi) is 5.42. The lowest BCUT2D eigenvalue weighted by atomic mass is 9.84. The summed E-state index contributed by atoms with van der Waals surface area (Å²) in [6.45, 7) is 8.94. The Balaban J connectivity index is 2.54. The topological polar surface area (TPSA) is 80.9 Å². The van der Waals surface area contributed by atoms with Crippen molar-refractivity contribution in [2.24, 2.45) is 17.1 Å². The van der Waals surface area contributed by atoms with E-state index in [-0.39, 0.29) is 17.2 Å². The number of nitrogens with two attached hydrogens (primary N) is 1. The summed E-state index contributed by atoms with van der Waals surface area (Å²) in [5.74, 6) is 0.549. The van der Waals surface area contributed by atoms with Gasteiger partial charge in [0, 0.05) is 12.7 Å². The molecule has 3 N–H and O–H groups in total. The molecule has 0 spiro atoms. The molecule has 0 aliphatic rings. The number of carbonyl (C=O) groups is 1. The van der Waals surface area contributed by atoms with E-state index in [2.05, 4.69) is 36.1 Å². The molecule has 5 heteroatoms. The second-order valence-electron chi connectivity index (χ2n) is 6.01. The van der Waals surface area contributed by atoms with E-state index in [1.54, 1.807) is 12.3 Å². The number of amides is 1. The fourth-order valence-corrected chi connectivity index (χ4v) is 1.95. The average Bonchev–Trinajstić information content (AvgIpc) is 2.32. The number of nitrogens with one attached hydrogen (secondary N) is 1. The van der Waals surface area contributed by atoms with Gasteiger partial charge >= 0.3 is 0 Å². The monoisotopic (exact) mass is 264 g/mol. The third-order valence-electron chi connectivity index (χ3n) is 2.79. The van der Waals surface area contributed by atoms with Crippen LogP contribution in [-0.4, -0.2) is 22.4 Å². The van der Waals surface area contributed by atoms with Gasteiger partial charge in [-0.05, 0) is 24.8 Å². The lowest BCUT2D eigenvalue weighted by Crippen LogP contribution is -2.37. The standard InChI is InChI=1S/C14H24N4O/c1-10-16-6-5-12(18-10)9-17-13(19)11(8-15)7-14(2,3)4/h5-6,11H,7-9,15H2,1-4H3,(H,17,19). The van der Waals surface area contributed by atoms with Crippen LogP contribution < -0.4 is 11.1 Å². The van der Waals surface area contributed by atoms with Gasteiger partial charge in [0.1, 0.15) is 5.82 Å². The van der Waals surface area contributed by atoms with Crippen molar-refractivity contribution in [3.8, 4) is 0 Å². The predicted molar refractivity (Wildman–Crippen MR) is 75.2 cm³/mol. The molecule has 1 rings (SSSR count). The maximum Gasteiger partial charge on any atom is 0.224 e. The molecule has 106 valence electrons. The molecule has 0 radical (unpaired) electrons. The Hall–Kier alpha value is -1.49. The minimum absolute atomic E-state index is 0.00584. The van der Waals surface area contributed by atoms with E-state index in [0.29, 0.717) is 18.9 Å². The number of rotatable bonds is 5. The van der Waals surface area contributed by atoms with E-state index in [4.69, 9.17) is 5.73 Å². The number of hydrogen-bond donors (Lipinski definition) is 2. The minimum Gasteiger partial charge on any atom is -0.350 e. The van der Waals surface area contributed by atoms with E-state index < -0.39 is 0 Å².